The van der Waals surface area contributed by atoms with Gasteiger partial charge in [0.2, 0.25) is 0 Å². The van der Waals surface area contributed by atoms with Crippen molar-refractivity contribution in [3.8, 4) is 0 Å². The zero-order valence-corrected chi connectivity index (χ0v) is 13.4. The van der Waals surface area contributed by atoms with Crippen LogP contribution in [0.4, 0.5) is 5.82 Å². The van der Waals surface area contributed by atoms with Crippen LogP contribution in [0.2, 0.25) is 0 Å². The van der Waals surface area contributed by atoms with Crippen molar-refractivity contribution in [3.63, 3.8) is 0 Å². The highest BCUT2D eigenvalue weighted by molar-refractivity contribution is 7.12. The number of aryl methyl sites for hydroxylation is 2. The second-order valence-corrected chi connectivity index (χ2v) is 7.66. The fourth-order valence-electron chi connectivity index (χ4n) is 2.02. The van der Waals surface area contributed by atoms with Crippen molar-refractivity contribution >= 4 is 23.1 Å². The van der Waals surface area contributed by atoms with Crippen LogP contribution in [0.3, 0.4) is 0 Å². The number of rotatable bonds is 3. The molecule has 0 aromatic carbocycles. The SMILES string of the molecule is Cc1cc(C(=O)Nc2cc(CC(C)(C)C)on2)c(C)s1. The van der Waals surface area contributed by atoms with Crippen molar-refractivity contribution in [2.45, 2.75) is 41.0 Å². The lowest BCUT2D eigenvalue weighted by atomic mass is 9.91. The molecule has 2 heterocycles. The predicted molar refractivity (Wildman–Crippen MR) is 81.4 cm³/mol. The van der Waals surface area contributed by atoms with E-state index in [1.807, 2.05) is 19.9 Å². The monoisotopic (exact) mass is 292 g/mol. The van der Waals surface area contributed by atoms with E-state index in [4.69, 9.17) is 4.52 Å². The van der Waals surface area contributed by atoms with Gasteiger partial charge in [-0.3, -0.25) is 4.79 Å². The summed E-state index contributed by atoms with van der Waals surface area (Å²) in [5, 5.41) is 6.68. The number of aromatic nitrogens is 1. The van der Waals surface area contributed by atoms with Gasteiger partial charge in [-0.2, -0.15) is 0 Å². The van der Waals surface area contributed by atoms with Crippen LogP contribution in [0.15, 0.2) is 16.7 Å². The maximum Gasteiger partial charge on any atom is 0.258 e. The van der Waals surface area contributed by atoms with Gasteiger partial charge >= 0.3 is 0 Å². The maximum absolute atomic E-state index is 12.2. The number of nitrogens with zero attached hydrogens (tertiary/aromatic N) is 1. The molecule has 4 nitrogen and oxygen atoms in total. The molecule has 0 aliphatic carbocycles. The number of carbonyl (C=O) groups excluding carboxylic acids is 1. The van der Waals surface area contributed by atoms with Gasteiger partial charge in [0.1, 0.15) is 5.76 Å². The Kier molecular flexibility index (Phi) is 3.99. The summed E-state index contributed by atoms with van der Waals surface area (Å²) in [6, 6.07) is 3.68. The first-order valence-corrected chi connectivity index (χ1v) is 7.40. The van der Waals surface area contributed by atoms with Crippen LogP contribution in [0.25, 0.3) is 0 Å². The Morgan fingerprint density at radius 3 is 2.60 bits per heavy atom. The highest BCUT2D eigenvalue weighted by Gasteiger charge is 2.17. The molecule has 0 aliphatic heterocycles. The molecule has 0 saturated carbocycles. The number of nitrogens with one attached hydrogen (secondary N) is 1. The number of hydrogen-bond acceptors (Lipinski definition) is 4. The Hall–Kier alpha value is -1.62. The van der Waals surface area contributed by atoms with Gasteiger partial charge in [0.05, 0.1) is 5.56 Å². The van der Waals surface area contributed by atoms with Crippen molar-refractivity contribution in [2.75, 3.05) is 5.32 Å². The Labute approximate surface area is 123 Å². The molecule has 108 valence electrons. The lowest BCUT2D eigenvalue weighted by Gasteiger charge is -2.14. The fraction of sp³-hybridized carbons (Fsp3) is 0.467. The molecular formula is C15H20N2O2S. The summed E-state index contributed by atoms with van der Waals surface area (Å²) in [5.41, 5.74) is 0.829. The van der Waals surface area contributed by atoms with E-state index in [1.54, 1.807) is 17.4 Å². The zero-order valence-electron chi connectivity index (χ0n) is 12.5. The Bertz CT molecular complexity index is 620. The van der Waals surface area contributed by atoms with E-state index in [0.29, 0.717) is 11.4 Å². The lowest BCUT2D eigenvalue weighted by Crippen LogP contribution is -2.12. The molecule has 0 unspecified atom stereocenters. The lowest BCUT2D eigenvalue weighted by molar-refractivity contribution is 0.102. The zero-order chi connectivity index (χ0) is 14.9. The van der Waals surface area contributed by atoms with Crippen LogP contribution in [0.1, 0.15) is 46.6 Å². The van der Waals surface area contributed by atoms with Crippen LogP contribution in [0, 0.1) is 19.3 Å². The smallest absolute Gasteiger partial charge is 0.258 e. The van der Waals surface area contributed by atoms with E-state index in [-0.39, 0.29) is 11.3 Å². The van der Waals surface area contributed by atoms with Gasteiger partial charge in [-0.25, -0.2) is 0 Å². The summed E-state index contributed by atoms with van der Waals surface area (Å²) in [7, 11) is 0. The quantitative estimate of drug-likeness (QED) is 0.922. The van der Waals surface area contributed by atoms with E-state index in [0.717, 1.165) is 21.9 Å². The van der Waals surface area contributed by atoms with Gasteiger partial charge in [-0.1, -0.05) is 25.9 Å². The summed E-state index contributed by atoms with van der Waals surface area (Å²) >= 11 is 1.62. The summed E-state index contributed by atoms with van der Waals surface area (Å²) < 4.78 is 5.25. The summed E-state index contributed by atoms with van der Waals surface area (Å²) in [4.78, 5) is 14.3. The molecule has 0 atom stereocenters. The summed E-state index contributed by atoms with van der Waals surface area (Å²) in [5.74, 6) is 1.12. The molecule has 0 bridgehead atoms. The minimum atomic E-state index is -0.137. The average molecular weight is 292 g/mol. The minimum absolute atomic E-state index is 0.127. The second kappa shape index (κ2) is 5.40. The topological polar surface area (TPSA) is 55.1 Å². The molecule has 20 heavy (non-hydrogen) atoms. The van der Waals surface area contributed by atoms with E-state index in [1.165, 1.54) is 0 Å². The van der Waals surface area contributed by atoms with Crippen LogP contribution in [-0.2, 0) is 6.42 Å². The van der Waals surface area contributed by atoms with E-state index < -0.39 is 0 Å². The van der Waals surface area contributed by atoms with Crippen molar-refractivity contribution in [1.82, 2.24) is 5.16 Å². The third kappa shape index (κ3) is 3.70. The number of carbonyl (C=O) groups is 1. The Morgan fingerprint density at radius 2 is 2.05 bits per heavy atom. The first-order chi connectivity index (χ1) is 9.24. The second-order valence-electron chi connectivity index (χ2n) is 6.20. The molecular weight excluding hydrogens is 272 g/mol. The molecule has 2 rings (SSSR count). The van der Waals surface area contributed by atoms with Gasteiger partial charge in [-0.05, 0) is 25.3 Å². The first-order valence-electron chi connectivity index (χ1n) is 6.58. The van der Waals surface area contributed by atoms with Crippen molar-refractivity contribution in [1.29, 1.82) is 0 Å². The molecule has 1 amide bonds. The van der Waals surface area contributed by atoms with E-state index in [2.05, 4.69) is 31.2 Å². The van der Waals surface area contributed by atoms with Crippen molar-refractivity contribution in [2.24, 2.45) is 5.41 Å². The van der Waals surface area contributed by atoms with Gasteiger partial charge in [0, 0.05) is 22.2 Å². The van der Waals surface area contributed by atoms with E-state index in [9.17, 15) is 4.79 Å². The molecule has 0 spiro atoms. The number of amides is 1. The predicted octanol–water partition coefficient (Wildman–Crippen LogP) is 4.19. The third-order valence-corrected chi connectivity index (χ3v) is 3.76. The van der Waals surface area contributed by atoms with Gasteiger partial charge < -0.3 is 9.84 Å². The van der Waals surface area contributed by atoms with Crippen LogP contribution in [-0.4, -0.2) is 11.1 Å². The largest absolute Gasteiger partial charge is 0.359 e. The standard InChI is InChI=1S/C15H20N2O2S/c1-9-6-12(10(2)20-9)14(18)16-13-7-11(19-17-13)8-15(3,4)5/h6-7H,8H2,1-5H3,(H,16,17,18). The molecule has 2 aromatic heterocycles. The van der Waals surface area contributed by atoms with E-state index >= 15 is 0 Å². The maximum atomic E-state index is 12.2. The number of anilines is 1. The molecule has 1 N–H and O–H groups in total. The fourth-order valence-corrected chi connectivity index (χ4v) is 2.94. The minimum Gasteiger partial charge on any atom is -0.359 e. The average Bonchev–Trinajstić information content (AvgIpc) is 2.83. The van der Waals surface area contributed by atoms with Crippen molar-refractivity contribution < 1.29 is 9.32 Å². The van der Waals surface area contributed by atoms with Crippen LogP contribution in [0.5, 0.6) is 0 Å². The summed E-state index contributed by atoms with van der Waals surface area (Å²) in [6.07, 6.45) is 0.784. The molecule has 2 aromatic rings. The molecule has 0 fully saturated rings. The first kappa shape index (κ1) is 14.8. The highest BCUT2D eigenvalue weighted by atomic mass is 32.1. The molecule has 0 aliphatic rings. The molecule has 5 heteroatoms. The number of hydrogen-bond donors (Lipinski definition) is 1. The van der Waals surface area contributed by atoms with Gasteiger partial charge in [-0.15, -0.1) is 11.3 Å². The third-order valence-electron chi connectivity index (χ3n) is 2.79. The van der Waals surface area contributed by atoms with Gasteiger partial charge in [0.15, 0.2) is 5.82 Å². The molecule has 0 saturated heterocycles. The van der Waals surface area contributed by atoms with Crippen LogP contribution < -0.4 is 5.32 Å². The number of thiophene rings is 1. The van der Waals surface area contributed by atoms with Crippen LogP contribution >= 0.6 is 11.3 Å². The Morgan fingerprint density at radius 1 is 1.35 bits per heavy atom. The summed E-state index contributed by atoms with van der Waals surface area (Å²) in [6.45, 7) is 10.3. The van der Waals surface area contributed by atoms with Gasteiger partial charge in [0.25, 0.3) is 5.91 Å². The normalized spacial score (nSPS) is 11.7. The van der Waals surface area contributed by atoms with Crippen molar-refractivity contribution in [3.05, 3.63) is 33.2 Å². The Balaban J connectivity index is 2.07. The molecule has 0 radical (unpaired) electrons. The highest BCUT2D eigenvalue weighted by Crippen LogP contribution is 2.24.